The molecular formula is C19H23NO4. The number of benzene rings is 2. The van der Waals surface area contributed by atoms with E-state index < -0.39 is 6.10 Å². The maximum absolute atomic E-state index is 12.3. The van der Waals surface area contributed by atoms with Crippen molar-refractivity contribution in [1.29, 1.82) is 0 Å². The minimum Gasteiger partial charge on any atom is -0.493 e. The lowest BCUT2D eigenvalue weighted by atomic mass is 10.1. The van der Waals surface area contributed by atoms with E-state index >= 15 is 0 Å². The topological polar surface area (TPSA) is 59.0 Å². The molecule has 0 fully saturated rings. The second-order valence-corrected chi connectivity index (χ2v) is 5.57. The number of rotatable bonds is 7. The van der Waals surface area contributed by atoms with Crippen LogP contribution in [0.2, 0.25) is 0 Å². The number of aliphatic hydroxyl groups excluding tert-OH is 1. The minimum atomic E-state index is -0.797. The molecule has 0 saturated heterocycles. The van der Waals surface area contributed by atoms with Crippen LogP contribution in [0, 0.1) is 0 Å². The highest BCUT2D eigenvalue weighted by Crippen LogP contribution is 2.30. The van der Waals surface area contributed by atoms with Crippen LogP contribution in [0.25, 0.3) is 0 Å². The van der Waals surface area contributed by atoms with Gasteiger partial charge < -0.3 is 19.5 Å². The fraction of sp³-hybridized carbons (Fsp3) is 0.316. The molecule has 0 aliphatic rings. The Hall–Kier alpha value is -2.53. The molecule has 5 nitrogen and oxygen atoms in total. The highest BCUT2D eigenvalue weighted by Gasteiger charge is 2.17. The molecule has 0 heterocycles. The number of carbonyl (C=O) groups is 1. The first-order chi connectivity index (χ1) is 11.5. The molecular weight excluding hydrogens is 306 g/mol. The number of ether oxygens (including phenoxy) is 2. The maximum atomic E-state index is 12.3. The van der Waals surface area contributed by atoms with Gasteiger partial charge in [0.15, 0.2) is 11.5 Å². The Morgan fingerprint density at radius 3 is 2.38 bits per heavy atom. The van der Waals surface area contributed by atoms with Gasteiger partial charge in [-0.3, -0.25) is 4.79 Å². The van der Waals surface area contributed by atoms with Crippen LogP contribution >= 0.6 is 0 Å². The summed E-state index contributed by atoms with van der Waals surface area (Å²) in [6.07, 6.45) is -0.481. The van der Waals surface area contributed by atoms with E-state index in [4.69, 9.17) is 9.47 Å². The Morgan fingerprint density at radius 1 is 1.08 bits per heavy atom. The predicted molar refractivity (Wildman–Crippen MR) is 92.3 cm³/mol. The summed E-state index contributed by atoms with van der Waals surface area (Å²) >= 11 is 0. The van der Waals surface area contributed by atoms with Crippen LogP contribution in [0.15, 0.2) is 48.5 Å². The molecule has 1 atom stereocenters. The lowest BCUT2D eigenvalue weighted by Crippen LogP contribution is -2.32. The largest absolute Gasteiger partial charge is 0.493 e. The zero-order chi connectivity index (χ0) is 17.5. The monoisotopic (exact) mass is 329 g/mol. The average Bonchev–Trinajstić information content (AvgIpc) is 2.61. The number of aliphatic hydroxyl groups is 1. The first-order valence-electron chi connectivity index (χ1n) is 7.73. The van der Waals surface area contributed by atoms with E-state index in [-0.39, 0.29) is 12.5 Å². The molecule has 0 saturated carbocycles. The summed E-state index contributed by atoms with van der Waals surface area (Å²) in [5.74, 6) is 1.11. The predicted octanol–water partition coefficient (Wildman–Crippen LogP) is 2.44. The van der Waals surface area contributed by atoms with Crippen molar-refractivity contribution < 1.29 is 19.4 Å². The molecule has 2 aromatic carbocycles. The van der Waals surface area contributed by atoms with Gasteiger partial charge in [0.2, 0.25) is 5.91 Å². The zero-order valence-electron chi connectivity index (χ0n) is 14.2. The highest BCUT2D eigenvalue weighted by atomic mass is 16.5. The third-order valence-electron chi connectivity index (χ3n) is 3.86. The quantitative estimate of drug-likeness (QED) is 0.848. The summed E-state index contributed by atoms with van der Waals surface area (Å²) in [4.78, 5) is 13.8. The molecule has 1 N–H and O–H groups in total. The van der Waals surface area contributed by atoms with Gasteiger partial charge in [-0.25, -0.2) is 0 Å². The number of methoxy groups -OCH3 is 2. The molecule has 0 radical (unpaired) electrons. The van der Waals surface area contributed by atoms with E-state index in [9.17, 15) is 9.90 Å². The summed E-state index contributed by atoms with van der Waals surface area (Å²) in [5.41, 5.74) is 1.63. The second kappa shape index (κ2) is 8.36. The summed E-state index contributed by atoms with van der Waals surface area (Å²) in [6, 6.07) is 14.8. The smallest absolute Gasteiger partial charge is 0.226 e. The molecule has 1 unspecified atom stereocenters. The molecule has 2 rings (SSSR count). The van der Waals surface area contributed by atoms with Crippen molar-refractivity contribution in [3.05, 3.63) is 59.7 Å². The van der Waals surface area contributed by atoms with E-state index in [1.165, 1.54) is 4.90 Å². The van der Waals surface area contributed by atoms with Gasteiger partial charge in [0.05, 0.1) is 33.3 Å². The van der Waals surface area contributed by atoms with Crippen LogP contribution in [0.4, 0.5) is 0 Å². The van der Waals surface area contributed by atoms with Gasteiger partial charge in [0, 0.05) is 7.05 Å². The van der Waals surface area contributed by atoms with Crippen LogP contribution in [-0.4, -0.2) is 43.7 Å². The van der Waals surface area contributed by atoms with E-state index in [0.717, 1.165) is 5.56 Å². The van der Waals surface area contributed by atoms with E-state index in [0.29, 0.717) is 23.5 Å². The van der Waals surface area contributed by atoms with Crippen molar-refractivity contribution in [3.63, 3.8) is 0 Å². The molecule has 2 aromatic rings. The lowest BCUT2D eigenvalue weighted by molar-refractivity contribution is -0.130. The molecule has 0 bridgehead atoms. The molecule has 0 aliphatic carbocycles. The van der Waals surface area contributed by atoms with Crippen LogP contribution in [0.1, 0.15) is 17.2 Å². The van der Waals surface area contributed by atoms with Crippen LogP contribution in [0.3, 0.4) is 0 Å². The fourth-order valence-corrected chi connectivity index (χ4v) is 2.43. The van der Waals surface area contributed by atoms with Gasteiger partial charge >= 0.3 is 0 Å². The van der Waals surface area contributed by atoms with Gasteiger partial charge in [0.25, 0.3) is 0 Å². The molecule has 5 heteroatoms. The zero-order valence-corrected chi connectivity index (χ0v) is 14.2. The number of amides is 1. The van der Waals surface area contributed by atoms with E-state index in [2.05, 4.69) is 0 Å². The van der Waals surface area contributed by atoms with Crippen molar-refractivity contribution in [3.8, 4) is 11.5 Å². The number of likely N-dealkylation sites (N-methyl/N-ethyl adjacent to an activating group) is 1. The first kappa shape index (κ1) is 17.8. The summed E-state index contributed by atoms with van der Waals surface area (Å²) in [6.45, 7) is 0.209. The molecule has 0 aliphatic heterocycles. The van der Waals surface area contributed by atoms with Crippen molar-refractivity contribution in [2.75, 3.05) is 27.8 Å². The van der Waals surface area contributed by atoms with Crippen molar-refractivity contribution in [1.82, 2.24) is 4.90 Å². The van der Waals surface area contributed by atoms with Crippen LogP contribution in [0.5, 0.6) is 11.5 Å². The first-order valence-corrected chi connectivity index (χ1v) is 7.73. The van der Waals surface area contributed by atoms with Crippen molar-refractivity contribution in [2.24, 2.45) is 0 Å². The number of carbonyl (C=O) groups excluding carboxylic acids is 1. The Morgan fingerprint density at radius 2 is 1.75 bits per heavy atom. The summed E-state index contributed by atoms with van der Waals surface area (Å²) < 4.78 is 10.4. The van der Waals surface area contributed by atoms with Crippen molar-refractivity contribution in [2.45, 2.75) is 12.5 Å². The van der Waals surface area contributed by atoms with Crippen LogP contribution < -0.4 is 9.47 Å². The normalized spacial score (nSPS) is 11.7. The van der Waals surface area contributed by atoms with E-state index in [1.54, 1.807) is 39.5 Å². The molecule has 0 spiro atoms. The van der Waals surface area contributed by atoms with Crippen molar-refractivity contribution >= 4 is 5.91 Å². The van der Waals surface area contributed by atoms with Crippen LogP contribution in [-0.2, 0) is 11.2 Å². The Bertz CT molecular complexity index is 672. The van der Waals surface area contributed by atoms with Gasteiger partial charge in [-0.05, 0) is 23.3 Å². The standard InChI is InChI=1S/C19H23NO4/c1-20(19(22)11-14-7-5-4-6-8-14)13-16(21)15-9-10-17(23-2)18(12-15)24-3/h4-10,12,16,21H,11,13H2,1-3H3. The average molecular weight is 329 g/mol. The Kier molecular flexibility index (Phi) is 6.21. The molecule has 128 valence electrons. The fourth-order valence-electron chi connectivity index (χ4n) is 2.43. The Labute approximate surface area is 142 Å². The SMILES string of the molecule is COc1ccc(C(O)CN(C)C(=O)Cc2ccccc2)cc1OC. The summed E-state index contributed by atoms with van der Waals surface area (Å²) in [7, 11) is 4.79. The molecule has 0 aromatic heterocycles. The molecule has 24 heavy (non-hydrogen) atoms. The minimum absolute atomic E-state index is 0.0410. The maximum Gasteiger partial charge on any atom is 0.226 e. The van der Waals surface area contributed by atoms with Gasteiger partial charge in [-0.15, -0.1) is 0 Å². The molecule has 1 amide bonds. The number of hydrogen-bond donors (Lipinski definition) is 1. The second-order valence-electron chi connectivity index (χ2n) is 5.57. The summed E-state index contributed by atoms with van der Waals surface area (Å²) in [5, 5.41) is 10.4. The Balaban J connectivity index is 2.00. The van der Waals surface area contributed by atoms with Gasteiger partial charge in [-0.2, -0.15) is 0 Å². The van der Waals surface area contributed by atoms with E-state index in [1.807, 2.05) is 30.3 Å². The number of nitrogens with zero attached hydrogens (tertiary/aromatic N) is 1. The number of hydrogen-bond acceptors (Lipinski definition) is 4. The van der Waals surface area contributed by atoms with Gasteiger partial charge in [-0.1, -0.05) is 36.4 Å². The highest BCUT2D eigenvalue weighted by molar-refractivity contribution is 5.78. The van der Waals surface area contributed by atoms with Gasteiger partial charge in [0.1, 0.15) is 0 Å². The third-order valence-corrected chi connectivity index (χ3v) is 3.86. The lowest BCUT2D eigenvalue weighted by Gasteiger charge is -2.22. The third kappa shape index (κ3) is 4.49.